The summed E-state index contributed by atoms with van der Waals surface area (Å²) in [6.45, 7) is 15.2. The molecular weight excluding hydrogens is 332 g/mol. The number of hydrogen-bond donors (Lipinski definition) is 0. The molecule has 0 radical (unpaired) electrons. The van der Waals surface area contributed by atoms with Crippen LogP contribution in [0.3, 0.4) is 0 Å². The Kier molecular flexibility index (Phi) is 8.61. The second kappa shape index (κ2) is 9.69. The zero-order valence-corrected chi connectivity index (χ0v) is 18.2. The Labute approximate surface area is 152 Å². The lowest BCUT2D eigenvalue weighted by Gasteiger charge is -2.35. The van der Waals surface area contributed by atoms with E-state index in [0.717, 1.165) is 28.6 Å². The SMILES string of the molecule is CC[Si](CC)(CC)O[C@@H](/C(C)=C\[S@@](=O)c1ccc(C)cc1)C(C)C. The van der Waals surface area contributed by atoms with E-state index in [1.165, 1.54) is 5.56 Å². The van der Waals surface area contributed by atoms with E-state index in [1.54, 1.807) is 0 Å². The molecule has 2 atom stereocenters. The van der Waals surface area contributed by atoms with Gasteiger partial charge in [-0.1, -0.05) is 52.3 Å². The Morgan fingerprint density at radius 3 is 2.04 bits per heavy atom. The summed E-state index contributed by atoms with van der Waals surface area (Å²) < 4.78 is 19.4. The van der Waals surface area contributed by atoms with Crippen molar-refractivity contribution in [3.63, 3.8) is 0 Å². The highest BCUT2D eigenvalue weighted by Gasteiger charge is 2.33. The van der Waals surface area contributed by atoms with Crippen molar-refractivity contribution in [2.45, 2.75) is 77.6 Å². The molecule has 1 aromatic carbocycles. The van der Waals surface area contributed by atoms with E-state index >= 15 is 0 Å². The molecule has 0 aliphatic carbocycles. The van der Waals surface area contributed by atoms with Crippen molar-refractivity contribution in [1.82, 2.24) is 0 Å². The zero-order valence-electron chi connectivity index (χ0n) is 16.4. The number of rotatable bonds is 9. The largest absolute Gasteiger partial charge is 0.410 e. The van der Waals surface area contributed by atoms with Crippen LogP contribution in [0.1, 0.15) is 47.1 Å². The first-order chi connectivity index (χ1) is 11.3. The highest BCUT2D eigenvalue weighted by atomic mass is 32.2. The third kappa shape index (κ3) is 5.68. The molecule has 1 aromatic rings. The first-order valence-corrected chi connectivity index (χ1v) is 12.9. The van der Waals surface area contributed by atoms with Crippen LogP contribution in [0.2, 0.25) is 18.1 Å². The van der Waals surface area contributed by atoms with Crippen molar-refractivity contribution in [3.05, 3.63) is 40.8 Å². The van der Waals surface area contributed by atoms with E-state index in [4.69, 9.17) is 4.43 Å². The van der Waals surface area contributed by atoms with Gasteiger partial charge in [0.2, 0.25) is 0 Å². The lowest BCUT2D eigenvalue weighted by molar-refractivity contribution is 0.172. The molecule has 1 rings (SSSR count). The number of hydrogen-bond acceptors (Lipinski definition) is 2. The fourth-order valence-corrected chi connectivity index (χ4v) is 7.01. The molecule has 0 unspecified atom stereocenters. The third-order valence-corrected chi connectivity index (χ3v) is 10.9. The smallest absolute Gasteiger partial charge is 0.192 e. The maximum atomic E-state index is 12.7. The summed E-state index contributed by atoms with van der Waals surface area (Å²) >= 11 is 0. The molecular formula is C20H34O2SSi. The van der Waals surface area contributed by atoms with Gasteiger partial charge >= 0.3 is 0 Å². The summed E-state index contributed by atoms with van der Waals surface area (Å²) in [6.07, 6.45) is 0.0610. The summed E-state index contributed by atoms with van der Waals surface area (Å²) in [6, 6.07) is 11.3. The van der Waals surface area contributed by atoms with Crippen LogP contribution in [0.25, 0.3) is 0 Å². The molecule has 24 heavy (non-hydrogen) atoms. The molecule has 0 N–H and O–H groups in total. The molecule has 0 aliphatic rings. The maximum absolute atomic E-state index is 12.7. The van der Waals surface area contributed by atoms with Gasteiger partial charge in [-0.05, 0) is 55.6 Å². The summed E-state index contributed by atoms with van der Waals surface area (Å²) in [4.78, 5) is 0.854. The Bertz CT molecular complexity index is 551. The van der Waals surface area contributed by atoms with Crippen molar-refractivity contribution in [3.8, 4) is 0 Å². The standard InChI is InChI=1S/C20H34O2SSi/c1-8-24(9-2,10-3)22-20(16(4)5)18(7)15-23(21)19-13-11-17(6)12-14-19/h11-16,20H,8-10H2,1-7H3/b18-15-/t20-,23-/m1/s1. The highest BCUT2D eigenvalue weighted by molar-refractivity contribution is 7.88. The minimum Gasteiger partial charge on any atom is -0.410 e. The van der Waals surface area contributed by atoms with E-state index in [0.29, 0.717) is 5.92 Å². The van der Waals surface area contributed by atoms with Crippen LogP contribution in [0.5, 0.6) is 0 Å². The minimum absolute atomic E-state index is 0.0610. The average Bonchev–Trinajstić information content (AvgIpc) is 2.56. The van der Waals surface area contributed by atoms with Gasteiger partial charge in [0.1, 0.15) is 0 Å². The first kappa shape index (κ1) is 21.3. The van der Waals surface area contributed by atoms with Gasteiger partial charge in [-0.3, -0.25) is 0 Å². The molecule has 0 fully saturated rings. The van der Waals surface area contributed by atoms with Crippen LogP contribution in [0.4, 0.5) is 0 Å². The predicted molar refractivity (Wildman–Crippen MR) is 108 cm³/mol. The second-order valence-corrected chi connectivity index (χ2v) is 13.0. The van der Waals surface area contributed by atoms with Gasteiger partial charge in [0, 0.05) is 10.3 Å². The fourth-order valence-electron chi connectivity index (χ4n) is 3.00. The van der Waals surface area contributed by atoms with Crippen molar-refractivity contribution in [2.75, 3.05) is 0 Å². The van der Waals surface area contributed by atoms with Crippen molar-refractivity contribution < 1.29 is 8.63 Å². The predicted octanol–water partition coefficient (Wildman–Crippen LogP) is 6.05. The Morgan fingerprint density at radius 1 is 1.12 bits per heavy atom. The molecule has 0 saturated carbocycles. The molecule has 0 spiro atoms. The zero-order chi connectivity index (χ0) is 18.3. The van der Waals surface area contributed by atoms with E-state index in [1.807, 2.05) is 36.6 Å². The van der Waals surface area contributed by atoms with Crippen molar-refractivity contribution in [2.24, 2.45) is 5.92 Å². The Balaban J connectivity index is 3.02. The molecule has 0 amide bonds. The second-order valence-electron chi connectivity index (χ2n) is 7.00. The highest BCUT2D eigenvalue weighted by Crippen LogP contribution is 2.29. The van der Waals surface area contributed by atoms with E-state index < -0.39 is 19.1 Å². The van der Waals surface area contributed by atoms with E-state index in [9.17, 15) is 4.21 Å². The van der Waals surface area contributed by atoms with Gasteiger partial charge in [0.25, 0.3) is 0 Å². The van der Waals surface area contributed by atoms with Gasteiger partial charge in [-0.2, -0.15) is 0 Å². The summed E-state index contributed by atoms with van der Waals surface area (Å²) in [7, 11) is -2.80. The Hall–Kier alpha value is -0.713. The molecule has 0 bridgehead atoms. The molecule has 4 heteroatoms. The van der Waals surface area contributed by atoms with Crippen LogP contribution in [0.15, 0.2) is 40.1 Å². The monoisotopic (exact) mass is 366 g/mol. The average molecular weight is 367 g/mol. The van der Waals surface area contributed by atoms with Crippen LogP contribution in [-0.4, -0.2) is 18.6 Å². The fraction of sp³-hybridized carbons (Fsp3) is 0.600. The molecule has 0 saturated heterocycles. The van der Waals surface area contributed by atoms with Crippen LogP contribution < -0.4 is 0 Å². The summed E-state index contributed by atoms with van der Waals surface area (Å²) in [5, 5.41) is 1.88. The molecule has 0 aliphatic heterocycles. The van der Waals surface area contributed by atoms with Crippen LogP contribution >= 0.6 is 0 Å². The van der Waals surface area contributed by atoms with Crippen molar-refractivity contribution >= 4 is 19.1 Å². The lowest BCUT2D eigenvalue weighted by Crippen LogP contribution is -2.42. The van der Waals surface area contributed by atoms with Crippen molar-refractivity contribution in [1.29, 1.82) is 0 Å². The van der Waals surface area contributed by atoms with Gasteiger partial charge < -0.3 is 4.43 Å². The number of benzene rings is 1. The van der Waals surface area contributed by atoms with E-state index in [2.05, 4.69) is 41.5 Å². The molecule has 2 nitrogen and oxygen atoms in total. The minimum atomic E-state index is -1.68. The number of aryl methyl sites for hydroxylation is 1. The molecule has 0 heterocycles. The van der Waals surface area contributed by atoms with Crippen LogP contribution in [0, 0.1) is 12.8 Å². The summed E-state index contributed by atoms with van der Waals surface area (Å²) in [5.74, 6) is 0.382. The quantitative estimate of drug-likeness (QED) is 0.497. The molecule has 136 valence electrons. The van der Waals surface area contributed by atoms with Gasteiger partial charge in [-0.15, -0.1) is 0 Å². The summed E-state index contributed by atoms with van der Waals surface area (Å²) in [5.41, 5.74) is 2.28. The van der Waals surface area contributed by atoms with Gasteiger partial charge in [-0.25, -0.2) is 4.21 Å². The lowest BCUT2D eigenvalue weighted by atomic mass is 10.0. The maximum Gasteiger partial charge on any atom is 0.192 e. The van der Waals surface area contributed by atoms with Crippen LogP contribution in [-0.2, 0) is 15.2 Å². The van der Waals surface area contributed by atoms with E-state index in [-0.39, 0.29) is 6.10 Å². The molecule has 0 aromatic heterocycles. The topological polar surface area (TPSA) is 26.3 Å². The first-order valence-electron chi connectivity index (χ1n) is 9.12. The normalized spacial score (nSPS) is 15.6. The Morgan fingerprint density at radius 2 is 1.62 bits per heavy atom. The van der Waals surface area contributed by atoms with Gasteiger partial charge in [0.15, 0.2) is 8.32 Å². The third-order valence-electron chi connectivity index (χ3n) is 4.91. The van der Waals surface area contributed by atoms with Gasteiger partial charge in [0.05, 0.1) is 16.9 Å².